The van der Waals surface area contributed by atoms with Crippen molar-refractivity contribution in [2.75, 3.05) is 26.6 Å². The van der Waals surface area contributed by atoms with E-state index in [-0.39, 0.29) is 51.4 Å². The number of nitrogens with zero attached hydrogens (tertiary/aromatic N) is 3. The van der Waals surface area contributed by atoms with Gasteiger partial charge in [0.05, 0.1) is 27.4 Å². The van der Waals surface area contributed by atoms with Crippen molar-refractivity contribution in [2.24, 2.45) is 5.73 Å². The Morgan fingerprint density at radius 1 is 1.00 bits per heavy atom. The lowest BCUT2D eigenvalue weighted by Gasteiger charge is -2.11. The SMILES string of the molecule is COc1ccc(NC(=O)c2nc(-c3ccc(OC)c4nc(C(F)(F)F)ccc34)oc2[C@H](C)N)c(OC)n1. The summed E-state index contributed by atoms with van der Waals surface area (Å²) >= 11 is 0. The number of aromatic nitrogens is 3. The van der Waals surface area contributed by atoms with Crippen LogP contribution in [0.5, 0.6) is 17.5 Å². The fraction of sp³-hybridized carbons (Fsp3) is 0.250. The third-order valence-electron chi connectivity index (χ3n) is 5.33. The third kappa shape index (κ3) is 4.98. The topological polar surface area (TPSA) is 135 Å². The molecule has 4 aromatic rings. The molecule has 1 aromatic carbocycles. The fourth-order valence-corrected chi connectivity index (χ4v) is 3.59. The van der Waals surface area contributed by atoms with Gasteiger partial charge in [-0.15, -0.1) is 0 Å². The van der Waals surface area contributed by atoms with Crippen LogP contribution in [0.15, 0.2) is 40.8 Å². The summed E-state index contributed by atoms with van der Waals surface area (Å²) in [5.41, 5.74) is 5.32. The van der Waals surface area contributed by atoms with Crippen molar-refractivity contribution in [3.05, 3.63) is 53.5 Å². The molecule has 0 fully saturated rings. The predicted octanol–water partition coefficient (Wildman–Crippen LogP) is 4.60. The number of oxazole rings is 1. The Balaban J connectivity index is 1.79. The quantitative estimate of drug-likeness (QED) is 0.361. The number of pyridine rings is 2. The molecule has 0 unspecified atom stereocenters. The molecule has 0 saturated heterocycles. The number of nitrogens with one attached hydrogen (secondary N) is 1. The maximum Gasteiger partial charge on any atom is 0.433 e. The number of hydrogen-bond donors (Lipinski definition) is 2. The number of ether oxygens (including phenoxy) is 3. The fourth-order valence-electron chi connectivity index (χ4n) is 3.59. The molecule has 0 radical (unpaired) electrons. The van der Waals surface area contributed by atoms with Gasteiger partial charge in [0.1, 0.15) is 22.6 Å². The highest BCUT2D eigenvalue weighted by molar-refractivity contribution is 6.05. The van der Waals surface area contributed by atoms with Gasteiger partial charge in [-0.05, 0) is 37.3 Å². The first-order chi connectivity index (χ1) is 17.6. The monoisotopic (exact) mass is 517 g/mol. The lowest BCUT2D eigenvalue weighted by Crippen LogP contribution is -2.18. The Morgan fingerprint density at radius 3 is 2.38 bits per heavy atom. The summed E-state index contributed by atoms with van der Waals surface area (Å²) in [6, 6.07) is 7.40. The van der Waals surface area contributed by atoms with Gasteiger partial charge in [0.25, 0.3) is 5.91 Å². The summed E-state index contributed by atoms with van der Waals surface area (Å²) < 4.78 is 61.1. The minimum absolute atomic E-state index is 0.0357. The van der Waals surface area contributed by atoms with Crippen molar-refractivity contribution in [2.45, 2.75) is 19.1 Å². The molecule has 0 aliphatic rings. The highest BCUT2D eigenvalue weighted by Gasteiger charge is 2.33. The van der Waals surface area contributed by atoms with Crippen LogP contribution in [0.4, 0.5) is 18.9 Å². The van der Waals surface area contributed by atoms with Gasteiger partial charge in [-0.1, -0.05) is 0 Å². The molecular weight excluding hydrogens is 495 g/mol. The summed E-state index contributed by atoms with van der Waals surface area (Å²) in [6.45, 7) is 1.60. The van der Waals surface area contributed by atoms with Crippen molar-refractivity contribution < 1.29 is 36.6 Å². The second-order valence-corrected chi connectivity index (χ2v) is 7.79. The molecule has 13 heteroatoms. The Labute approximate surface area is 208 Å². The second kappa shape index (κ2) is 9.93. The van der Waals surface area contributed by atoms with Crippen molar-refractivity contribution >= 4 is 22.5 Å². The molecule has 37 heavy (non-hydrogen) atoms. The van der Waals surface area contributed by atoms with Crippen LogP contribution >= 0.6 is 0 Å². The second-order valence-electron chi connectivity index (χ2n) is 7.79. The van der Waals surface area contributed by atoms with Crippen molar-refractivity contribution in [1.82, 2.24) is 15.0 Å². The van der Waals surface area contributed by atoms with E-state index in [9.17, 15) is 18.0 Å². The van der Waals surface area contributed by atoms with E-state index in [1.54, 1.807) is 13.0 Å². The van der Waals surface area contributed by atoms with E-state index in [0.717, 1.165) is 6.07 Å². The molecule has 194 valence electrons. The average molecular weight is 517 g/mol. The molecule has 0 saturated carbocycles. The Kier molecular flexibility index (Phi) is 6.90. The summed E-state index contributed by atoms with van der Waals surface area (Å²) in [6.07, 6.45) is -4.65. The number of anilines is 1. The molecule has 3 heterocycles. The zero-order chi connectivity index (χ0) is 26.9. The molecule has 0 aliphatic carbocycles. The highest BCUT2D eigenvalue weighted by atomic mass is 19.4. The molecule has 0 spiro atoms. The number of hydrogen-bond acceptors (Lipinski definition) is 9. The number of fused-ring (bicyclic) bond motifs is 1. The molecule has 0 bridgehead atoms. The van der Waals surface area contributed by atoms with E-state index in [1.165, 1.54) is 45.6 Å². The van der Waals surface area contributed by atoms with E-state index in [1.807, 2.05) is 0 Å². The summed E-state index contributed by atoms with van der Waals surface area (Å²) in [5, 5.41) is 2.93. The van der Waals surface area contributed by atoms with Crippen LogP contribution in [0.1, 0.15) is 34.9 Å². The lowest BCUT2D eigenvalue weighted by atomic mass is 10.1. The smallest absolute Gasteiger partial charge is 0.433 e. The number of nitrogens with two attached hydrogens (primary N) is 1. The van der Waals surface area contributed by atoms with Crippen LogP contribution in [-0.4, -0.2) is 42.2 Å². The van der Waals surface area contributed by atoms with E-state index in [4.69, 9.17) is 24.4 Å². The summed E-state index contributed by atoms with van der Waals surface area (Å²) in [5.74, 6) is -0.123. The van der Waals surface area contributed by atoms with E-state index < -0.39 is 23.8 Å². The van der Waals surface area contributed by atoms with Gasteiger partial charge in [0.15, 0.2) is 11.5 Å². The van der Waals surface area contributed by atoms with Crippen LogP contribution in [-0.2, 0) is 6.18 Å². The van der Waals surface area contributed by atoms with Crippen molar-refractivity contribution in [3.63, 3.8) is 0 Å². The molecule has 10 nitrogen and oxygen atoms in total. The van der Waals surface area contributed by atoms with Gasteiger partial charge in [0, 0.05) is 17.0 Å². The van der Waals surface area contributed by atoms with Gasteiger partial charge in [-0.3, -0.25) is 4.79 Å². The van der Waals surface area contributed by atoms with Gasteiger partial charge >= 0.3 is 6.18 Å². The summed E-state index contributed by atoms with van der Waals surface area (Å²) in [4.78, 5) is 25.3. The summed E-state index contributed by atoms with van der Waals surface area (Å²) in [7, 11) is 4.14. The van der Waals surface area contributed by atoms with Crippen LogP contribution in [0.3, 0.4) is 0 Å². The number of rotatable bonds is 7. The number of benzene rings is 1. The number of alkyl halides is 3. The molecule has 4 rings (SSSR count). The van der Waals surface area contributed by atoms with Crippen LogP contribution in [0.2, 0.25) is 0 Å². The number of methoxy groups -OCH3 is 3. The predicted molar refractivity (Wildman–Crippen MR) is 127 cm³/mol. The molecule has 1 amide bonds. The van der Waals surface area contributed by atoms with E-state index in [0.29, 0.717) is 5.56 Å². The average Bonchev–Trinajstić information content (AvgIpc) is 3.33. The number of amides is 1. The molecule has 1 atom stereocenters. The maximum absolute atomic E-state index is 13.3. The molecule has 0 aliphatic heterocycles. The zero-order valence-corrected chi connectivity index (χ0v) is 20.1. The van der Waals surface area contributed by atoms with E-state index >= 15 is 0 Å². The van der Waals surface area contributed by atoms with Crippen molar-refractivity contribution in [3.8, 4) is 29.0 Å². The third-order valence-corrected chi connectivity index (χ3v) is 5.33. The number of carbonyl (C=O) groups excluding carboxylic acids is 1. The van der Waals surface area contributed by atoms with Crippen molar-refractivity contribution in [1.29, 1.82) is 0 Å². The first-order valence-electron chi connectivity index (χ1n) is 10.8. The zero-order valence-electron chi connectivity index (χ0n) is 20.1. The minimum atomic E-state index is -4.65. The number of carbonyl (C=O) groups is 1. The lowest BCUT2D eigenvalue weighted by molar-refractivity contribution is -0.140. The Hall–Kier alpha value is -4.39. The van der Waals surface area contributed by atoms with Crippen LogP contribution < -0.4 is 25.3 Å². The standard InChI is InChI=1S/C24H22F3N5O5/c1-11(28)20-19(21(33)29-14-7-10-17(35-3)31-23(14)36-4)32-22(37-20)13-5-8-15(34-2)18-12(13)6-9-16(30-18)24(25,26)27/h5-11H,28H2,1-4H3,(H,29,33)/t11-/m0/s1. The van der Waals surface area contributed by atoms with Gasteiger partial charge in [-0.25, -0.2) is 9.97 Å². The Bertz CT molecular complexity index is 1470. The van der Waals surface area contributed by atoms with Gasteiger partial charge in [0.2, 0.25) is 17.7 Å². The van der Waals surface area contributed by atoms with Crippen LogP contribution in [0.25, 0.3) is 22.4 Å². The maximum atomic E-state index is 13.3. The molecule has 3 N–H and O–H groups in total. The molecule has 3 aromatic heterocycles. The van der Waals surface area contributed by atoms with E-state index in [2.05, 4.69) is 20.3 Å². The normalized spacial score (nSPS) is 12.3. The molecular formula is C24H22F3N5O5. The van der Waals surface area contributed by atoms with Gasteiger partial charge < -0.3 is 29.7 Å². The van der Waals surface area contributed by atoms with Gasteiger partial charge in [-0.2, -0.15) is 18.2 Å². The first kappa shape index (κ1) is 25.7. The minimum Gasteiger partial charge on any atom is -0.494 e. The van der Waals surface area contributed by atoms with Crippen LogP contribution in [0, 0.1) is 0 Å². The number of halogens is 3. The largest absolute Gasteiger partial charge is 0.494 e. The first-order valence-corrected chi connectivity index (χ1v) is 10.8. The Morgan fingerprint density at radius 2 is 1.76 bits per heavy atom. The highest BCUT2D eigenvalue weighted by Crippen LogP contribution is 2.37.